The molecule has 1 aromatic heterocycles. The van der Waals surface area contributed by atoms with Gasteiger partial charge >= 0.3 is 0 Å². The molecular formula is C14H16BrFN4. The highest BCUT2D eigenvalue weighted by Gasteiger charge is 2.07. The van der Waals surface area contributed by atoms with Crippen molar-refractivity contribution in [1.82, 2.24) is 9.97 Å². The third kappa shape index (κ3) is 3.90. The van der Waals surface area contributed by atoms with E-state index >= 15 is 0 Å². The predicted molar refractivity (Wildman–Crippen MR) is 82.5 cm³/mol. The van der Waals surface area contributed by atoms with Crippen molar-refractivity contribution in [3.05, 3.63) is 46.4 Å². The van der Waals surface area contributed by atoms with E-state index in [1.54, 1.807) is 12.1 Å². The minimum absolute atomic E-state index is 0.208. The van der Waals surface area contributed by atoms with Gasteiger partial charge in [0, 0.05) is 13.1 Å². The van der Waals surface area contributed by atoms with Gasteiger partial charge in [0.2, 0.25) is 0 Å². The average Bonchev–Trinajstić information content (AvgIpc) is 2.43. The third-order valence-corrected chi connectivity index (χ3v) is 3.48. The third-order valence-electron chi connectivity index (χ3n) is 2.73. The zero-order valence-electron chi connectivity index (χ0n) is 11.2. The molecule has 106 valence electrons. The molecule has 0 saturated heterocycles. The van der Waals surface area contributed by atoms with Crippen LogP contribution in [-0.2, 0) is 6.42 Å². The molecule has 1 aromatic carbocycles. The molecule has 2 aromatic rings. The molecule has 0 amide bonds. The lowest BCUT2D eigenvalue weighted by Crippen LogP contribution is -2.09. The monoisotopic (exact) mass is 338 g/mol. The Bertz CT molecular complexity index is 577. The van der Waals surface area contributed by atoms with E-state index < -0.39 is 0 Å². The maximum absolute atomic E-state index is 13.1. The predicted octanol–water partition coefficient (Wildman–Crippen LogP) is 3.46. The molecule has 0 radical (unpaired) electrons. The quantitative estimate of drug-likeness (QED) is 0.846. The van der Waals surface area contributed by atoms with Crippen molar-refractivity contribution in [2.24, 2.45) is 0 Å². The molecule has 0 bridgehead atoms. The first-order valence-corrected chi connectivity index (χ1v) is 7.22. The highest BCUT2D eigenvalue weighted by atomic mass is 79.9. The van der Waals surface area contributed by atoms with Gasteiger partial charge in [-0.1, -0.05) is 12.1 Å². The van der Waals surface area contributed by atoms with Crippen molar-refractivity contribution in [2.75, 3.05) is 23.7 Å². The van der Waals surface area contributed by atoms with Crippen LogP contribution in [-0.4, -0.2) is 23.1 Å². The lowest BCUT2D eigenvalue weighted by molar-refractivity contribution is 0.625. The van der Waals surface area contributed by atoms with Crippen LogP contribution in [0.3, 0.4) is 0 Å². The Kier molecular flexibility index (Phi) is 5.29. The number of hydrogen-bond donors (Lipinski definition) is 2. The molecule has 0 saturated carbocycles. The Morgan fingerprint density at radius 2 is 1.95 bits per heavy atom. The maximum atomic E-state index is 13.1. The van der Waals surface area contributed by atoms with Crippen LogP contribution in [0.25, 0.3) is 0 Å². The molecule has 0 spiro atoms. The van der Waals surface area contributed by atoms with Crippen LogP contribution < -0.4 is 10.6 Å². The molecule has 0 aliphatic carbocycles. The standard InChI is InChI=1S/C14H16BrFN4/c1-2-17-13-12(15)14(20-9-19-13)18-7-6-10-4-3-5-11(16)8-10/h3-5,8-9H,2,6-7H2,1H3,(H2,17,18,19,20). The second kappa shape index (κ2) is 7.19. The molecule has 0 unspecified atom stereocenters. The molecule has 20 heavy (non-hydrogen) atoms. The van der Waals surface area contributed by atoms with Crippen molar-refractivity contribution < 1.29 is 4.39 Å². The SMILES string of the molecule is CCNc1ncnc(NCCc2cccc(F)c2)c1Br. The minimum Gasteiger partial charge on any atom is -0.369 e. The molecule has 0 atom stereocenters. The Morgan fingerprint density at radius 1 is 1.20 bits per heavy atom. The molecule has 0 fully saturated rings. The summed E-state index contributed by atoms with van der Waals surface area (Å²) in [6.45, 7) is 3.47. The first kappa shape index (κ1) is 14.7. The maximum Gasteiger partial charge on any atom is 0.145 e. The average molecular weight is 339 g/mol. The van der Waals surface area contributed by atoms with Gasteiger partial charge < -0.3 is 10.6 Å². The number of aromatic nitrogens is 2. The first-order chi connectivity index (χ1) is 9.70. The van der Waals surface area contributed by atoms with Crippen molar-refractivity contribution in [3.63, 3.8) is 0 Å². The second-order valence-corrected chi connectivity index (χ2v) is 5.01. The van der Waals surface area contributed by atoms with E-state index in [0.717, 1.165) is 34.6 Å². The normalized spacial score (nSPS) is 10.3. The number of hydrogen-bond acceptors (Lipinski definition) is 4. The topological polar surface area (TPSA) is 49.8 Å². The van der Waals surface area contributed by atoms with E-state index in [2.05, 4.69) is 36.5 Å². The molecule has 2 rings (SSSR count). The molecule has 2 N–H and O–H groups in total. The number of nitrogens with zero attached hydrogens (tertiary/aromatic N) is 2. The Hall–Kier alpha value is -1.69. The minimum atomic E-state index is -0.208. The van der Waals surface area contributed by atoms with Gasteiger partial charge in [0.05, 0.1) is 0 Å². The lowest BCUT2D eigenvalue weighted by atomic mass is 10.1. The number of halogens is 2. The number of nitrogens with one attached hydrogen (secondary N) is 2. The molecule has 4 nitrogen and oxygen atoms in total. The fourth-order valence-corrected chi connectivity index (χ4v) is 2.29. The van der Waals surface area contributed by atoms with Gasteiger partial charge in [-0.05, 0) is 47.0 Å². The summed E-state index contributed by atoms with van der Waals surface area (Å²) in [5.74, 6) is 1.28. The van der Waals surface area contributed by atoms with Gasteiger partial charge in [0.15, 0.2) is 0 Å². The van der Waals surface area contributed by atoms with Gasteiger partial charge in [0.1, 0.15) is 28.3 Å². The zero-order chi connectivity index (χ0) is 14.4. The Labute approximate surface area is 126 Å². The van der Waals surface area contributed by atoms with Crippen LogP contribution in [0, 0.1) is 5.82 Å². The van der Waals surface area contributed by atoms with Crippen molar-refractivity contribution in [1.29, 1.82) is 0 Å². The largest absolute Gasteiger partial charge is 0.369 e. The lowest BCUT2D eigenvalue weighted by Gasteiger charge is -2.10. The summed E-state index contributed by atoms with van der Waals surface area (Å²) in [4.78, 5) is 8.33. The highest BCUT2D eigenvalue weighted by molar-refractivity contribution is 9.10. The van der Waals surface area contributed by atoms with Gasteiger partial charge in [0.25, 0.3) is 0 Å². The Balaban J connectivity index is 1.96. The van der Waals surface area contributed by atoms with Crippen molar-refractivity contribution >= 4 is 27.6 Å². The van der Waals surface area contributed by atoms with E-state index in [9.17, 15) is 4.39 Å². The van der Waals surface area contributed by atoms with E-state index in [1.165, 1.54) is 12.4 Å². The fraction of sp³-hybridized carbons (Fsp3) is 0.286. The summed E-state index contributed by atoms with van der Waals surface area (Å²) in [6, 6.07) is 6.61. The summed E-state index contributed by atoms with van der Waals surface area (Å²) < 4.78 is 13.9. The van der Waals surface area contributed by atoms with E-state index in [-0.39, 0.29) is 5.82 Å². The van der Waals surface area contributed by atoms with Crippen LogP contribution in [0.2, 0.25) is 0 Å². The van der Waals surface area contributed by atoms with Crippen LogP contribution in [0.5, 0.6) is 0 Å². The number of rotatable bonds is 6. The summed E-state index contributed by atoms with van der Waals surface area (Å²) >= 11 is 3.47. The molecule has 1 heterocycles. The summed E-state index contributed by atoms with van der Waals surface area (Å²) in [5.41, 5.74) is 0.953. The summed E-state index contributed by atoms with van der Waals surface area (Å²) in [7, 11) is 0. The van der Waals surface area contributed by atoms with Gasteiger partial charge in [-0.3, -0.25) is 0 Å². The smallest absolute Gasteiger partial charge is 0.145 e. The van der Waals surface area contributed by atoms with Crippen LogP contribution in [0.1, 0.15) is 12.5 Å². The molecular weight excluding hydrogens is 323 g/mol. The first-order valence-electron chi connectivity index (χ1n) is 6.43. The van der Waals surface area contributed by atoms with Gasteiger partial charge in [-0.25, -0.2) is 14.4 Å². The van der Waals surface area contributed by atoms with Crippen molar-refractivity contribution in [2.45, 2.75) is 13.3 Å². The second-order valence-electron chi connectivity index (χ2n) is 4.22. The fourth-order valence-electron chi connectivity index (χ4n) is 1.80. The zero-order valence-corrected chi connectivity index (χ0v) is 12.7. The molecule has 6 heteroatoms. The van der Waals surface area contributed by atoms with Crippen LogP contribution in [0.15, 0.2) is 35.1 Å². The highest BCUT2D eigenvalue weighted by Crippen LogP contribution is 2.26. The van der Waals surface area contributed by atoms with E-state index in [1.807, 2.05) is 13.0 Å². The number of anilines is 2. The number of benzene rings is 1. The van der Waals surface area contributed by atoms with Crippen LogP contribution in [0.4, 0.5) is 16.0 Å². The van der Waals surface area contributed by atoms with Crippen molar-refractivity contribution in [3.8, 4) is 0 Å². The molecule has 0 aliphatic heterocycles. The van der Waals surface area contributed by atoms with E-state index in [0.29, 0.717) is 6.54 Å². The Morgan fingerprint density at radius 3 is 2.65 bits per heavy atom. The van der Waals surface area contributed by atoms with Gasteiger partial charge in [-0.15, -0.1) is 0 Å². The van der Waals surface area contributed by atoms with Crippen LogP contribution >= 0.6 is 15.9 Å². The summed E-state index contributed by atoms with van der Waals surface area (Å²) in [6.07, 6.45) is 2.23. The van der Waals surface area contributed by atoms with E-state index in [4.69, 9.17) is 0 Å². The van der Waals surface area contributed by atoms with Gasteiger partial charge in [-0.2, -0.15) is 0 Å². The molecule has 0 aliphatic rings. The summed E-state index contributed by atoms with van der Waals surface area (Å²) in [5, 5.41) is 6.36.